The summed E-state index contributed by atoms with van der Waals surface area (Å²) in [5.74, 6) is 0.0613. The van der Waals surface area contributed by atoms with Gasteiger partial charge < -0.3 is 15.0 Å². The predicted octanol–water partition coefficient (Wildman–Crippen LogP) is 2.13. The fourth-order valence-electron chi connectivity index (χ4n) is 3.88. The average Bonchev–Trinajstić information content (AvgIpc) is 3.25. The van der Waals surface area contributed by atoms with Crippen molar-refractivity contribution in [3.8, 4) is 5.75 Å². The quantitative estimate of drug-likeness (QED) is 0.809. The molecule has 154 valence electrons. The Labute approximate surface area is 171 Å². The number of rotatable bonds is 5. The van der Waals surface area contributed by atoms with Gasteiger partial charge in [-0.3, -0.25) is 9.10 Å². The molecule has 4 rings (SSSR count). The molecule has 7 nitrogen and oxygen atoms in total. The number of carbonyl (C=O) groups is 1. The Hall–Kier alpha value is -2.74. The molecular formula is C21H25N3O4S. The minimum atomic E-state index is -3.52. The van der Waals surface area contributed by atoms with Crippen molar-refractivity contribution in [3.63, 3.8) is 0 Å². The van der Waals surface area contributed by atoms with E-state index in [4.69, 9.17) is 4.74 Å². The van der Waals surface area contributed by atoms with Crippen molar-refractivity contribution in [3.05, 3.63) is 54.1 Å². The van der Waals surface area contributed by atoms with Crippen LogP contribution in [0.1, 0.15) is 18.4 Å². The number of hydrogen-bond donors (Lipinski definition) is 1. The van der Waals surface area contributed by atoms with Crippen molar-refractivity contribution >= 4 is 27.3 Å². The number of nitrogens with zero attached hydrogens (tertiary/aromatic N) is 2. The van der Waals surface area contributed by atoms with E-state index in [1.165, 1.54) is 17.1 Å². The van der Waals surface area contributed by atoms with Crippen LogP contribution in [-0.2, 0) is 21.4 Å². The van der Waals surface area contributed by atoms with Gasteiger partial charge in [-0.15, -0.1) is 0 Å². The smallest absolute Gasteiger partial charge is 0.263 e. The van der Waals surface area contributed by atoms with Gasteiger partial charge in [0, 0.05) is 25.3 Å². The van der Waals surface area contributed by atoms with Crippen LogP contribution in [0, 0.1) is 0 Å². The van der Waals surface area contributed by atoms with E-state index >= 15 is 0 Å². The number of carbonyl (C=O) groups excluding carboxylic acids is 1. The van der Waals surface area contributed by atoms with Crippen molar-refractivity contribution in [2.75, 3.05) is 35.1 Å². The summed E-state index contributed by atoms with van der Waals surface area (Å²) >= 11 is 0. The van der Waals surface area contributed by atoms with E-state index in [1.54, 1.807) is 24.3 Å². The van der Waals surface area contributed by atoms with Crippen molar-refractivity contribution in [1.29, 1.82) is 0 Å². The first-order valence-corrected chi connectivity index (χ1v) is 11.6. The maximum atomic E-state index is 12.8. The highest BCUT2D eigenvalue weighted by molar-refractivity contribution is 7.92. The lowest BCUT2D eigenvalue weighted by Gasteiger charge is -2.34. The molecule has 2 aliphatic heterocycles. The largest absolute Gasteiger partial charge is 0.476 e. The highest BCUT2D eigenvalue weighted by Gasteiger charge is 2.34. The van der Waals surface area contributed by atoms with Gasteiger partial charge in [0.15, 0.2) is 6.10 Å². The summed E-state index contributed by atoms with van der Waals surface area (Å²) < 4.78 is 31.5. The van der Waals surface area contributed by atoms with E-state index < -0.39 is 16.1 Å². The van der Waals surface area contributed by atoms with Gasteiger partial charge in [0.25, 0.3) is 5.91 Å². The molecule has 0 saturated carbocycles. The molecule has 0 aromatic heterocycles. The molecule has 29 heavy (non-hydrogen) atoms. The zero-order chi connectivity index (χ0) is 20.4. The molecule has 1 N–H and O–H groups in total. The van der Waals surface area contributed by atoms with Crippen LogP contribution in [0.25, 0.3) is 0 Å². The van der Waals surface area contributed by atoms with Gasteiger partial charge in [-0.05, 0) is 36.6 Å². The number of sulfonamides is 1. The minimum Gasteiger partial charge on any atom is -0.476 e. The molecule has 0 bridgehead atoms. The Balaban J connectivity index is 1.49. The van der Waals surface area contributed by atoms with Gasteiger partial charge in [-0.25, -0.2) is 8.42 Å². The van der Waals surface area contributed by atoms with Gasteiger partial charge in [0.2, 0.25) is 10.0 Å². The van der Waals surface area contributed by atoms with E-state index in [-0.39, 0.29) is 12.5 Å². The Morgan fingerprint density at radius 2 is 1.72 bits per heavy atom. The standard InChI is InChI=1S/C21H25N3O4S/c1-29(26,27)24-15-20(28-19-11-5-4-10-18(19)24)21(25)22-14-16-8-2-3-9-17(16)23-12-6-7-13-23/h2-5,8-11,20H,6-7,12-15H2,1H3,(H,22,25)/t20-/m1/s1. The lowest BCUT2D eigenvalue weighted by atomic mass is 10.1. The minimum absolute atomic E-state index is 0.0462. The third kappa shape index (κ3) is 4.17. The lowest BCUT2D eigenvalue weighted by molar-refractivity contribution is -0.127. The number of para-hydroxylation sites is 3. The second-order valence-corrected chi connectivity index (χ2v) is 9.32. The van der Waals surface area contributed by atoms with Gasteiger partial charge >= 0.3 is 0 Å². The highest BCUT2D eigenvalue weighted by atomic mass is 32.2. The first-order chi connectivity index (χ1) is 13.9. The maximum absolute atomic E-state index is 12.8. The van der Waals surface area contributed by atoms with Crippen LogP contribution in [0.5, 0.6) is 5.75 Å². The third-order valence-electron chi connectivity index (χ3n) is 5.32. The number of nitrogens with one attached hydrogen (secondary N) is 1. The summed E-state index contributed by atoms with van der Waals surface area (Å²) in [6, 6.07) is 14.9. The SMILES string of the molecule is CS(=O)(=O)N1C[C@H](C(=O)NCc2ccccc2N2CCCC2)Oc2ccccc21. The van der Waals surface area contributed by atoms with Gasteiger partial charge in [-0.1, -0.05) is 30.3 Å². The van der Waals surface area contributed by atoms with Crippen LogP contribution in [-0.4, -0.2) is 46.3 Å². The van der Waals surface area contributed by atoms with Crippen LogP contribution >= 0.6 is 0 Å². The Morgan fingerprint density at radius 1 is 1.07 bits per heavy atom. The average molecular weight is 416 g/mol. The Morgan fingerprint density at radius 3 is 2.45 bits per heavy atom. The van der Waals surface area contributed by atoms with Gasteiger partial charge in [-0.2, -0.15) is 0 Å². The van der Waals surface area contributed by atoms with Crippen LogP contribution in [0.15, 0.2) is 48.5 Å². The molecule has 1 amide bonds. The zero-order valence-electron chi connectivity index (χ0n) is 16.4. The number of amides is 1. The van der Waals surface area contributed by atoms with Crippen LogP contribution < -0.4 is 19.3 Å². The molecule has 1 saturated heterocycles. The molecule has 0 radical (unpaired) electrons. The number of anilines is 2. The monoisotopic (exact) mass is 415 g/mol. The molecule has 2 heterocycles. The summed E-state index contributed by atoms with van der Waals surface area (Å²) in [5.41, 5.74) is 2.63. The fourth-order valence-corrected chi connectivity index (χ4v) is 4.79. The molecule has 2 aromatic carbocycles. The topological polar surface area (TPSA) is 79.0 Å². The number of ether oxygens (including phenoxy) is 1. The second-order valence-electron chi connectivity index (χ2n) is 7.41. The first-order valence-electron chi connectivity index (χ1n) is 9.77. The van der Waals surface area contributed by atoms with Crippen molar-refractivity contribution in [2.24, 2.45) is 0 Å². The van der Waals surface area contributed by atoms with Gasteiger partial charge in [0.1, 0.15) is 5.75 Å². The summed E-state index contributed by atoms with van der Waals surface area (Å²) in [6.07, 6.45) is 2.59. The van der Waals surface area contributed by atoms with Crippen LogP contribution in [0.3, 0.4) is 0 Å². The second kappa shape index (κ2) is 7.94. The van der Waals surface area contributed by atoms with Crippen molar-refractivity contribution < 1.29 is 17.9 Å². The predicted molar refractivity (Wildman–Crippen MR) is 113 cm³/mol. The maximum Gasteiger partial charge on any atom is 0.263 e. The highest BCUT2D eigenvalue weighted by Crippen LogP contribution is 2.34. The normalized spacial score (nSPS) is 18.9. The number of hydrogen-bond acceptors (Lipinski definition) is 5. The summed E-state index contributed by atoms with van der Waals surface area (Å²) in [7, 11) is -3.52. The summed E-state index contributed by atoms with van der Waals surface area (Å²) in [5, 5.41) is 2.92. The van der Waals surface area contributed by atoms with E-state index in [0.717, 1.165) is 30.6 Å². The molecule has 1 atom stereocenters. The molecule has 1 fully saturated rings. The van der Waals surface area contributed by atoms with Crippen molar-refractivity contribution in [1.82, 2.24) is 5.32 Å². The first kappa shape index (κ1) is 19.6. The number of benzene rings is 2. The molecule has 0 spiro atoms. The van der Waals surface area contributed by atoms with Crippen LogP contribution in [0.4, 0.5) is 11.4 Å². The fraction of sp³-hybridized carbons (Fsp3) is 0.381. The Bertz CT molecular complexity index is 1000. The lowest BCUT2D eigenvalue weighted by Crippen LogP contribution is -2.50. The molecule has 0 unspecified atom stereocenters. The van der Waals surface area contributed by atoms with E-state index in [0.29, 0.717) is 18.0 Å². The molecule has 2 aromatic rings. The zero-order valence-corrected chi connectivity index (χ0v) is 17.2. The summed E-state index contributed by atoms with van der Waals surface area (Å²) in [6.45, 7) is 2.37. The molecule has 8 heteroatoms. The van der Waals surface area contributed by atoms with Crippen LogP contribution in [0.2, 0.25) is 0 Å². The van der Waals surface area contributed by atoms with E-state index in [9.17, 15) is 13.2 Å². The number of fused-ring (bicyclic) bond motifs is 1. The van der Waals surface area contributed by atoms with E-state index in [1.807, 2.05) is 18.2 Å². The summed E-state index contributed by atoms with van der Waals surface area (Å²) in [4.78, 5) is 15.1. The van der Waals surface area contributed by atoms with E-state index in [2.05, 4.69) is 16.3 Å². The molecule has 0 aliphatic carbocycles. The van der Waals surface area contributed by atoms with Gasteiger partial charge in [0.05, 0.1) is 18.5 Å². The molecule has 2 aliphatic rings. The molecular weight excluding hydrogens is 390 g/mol. The Kier molecular flexibility index (Phi) is 5.36. The third-order valence-corrected chi connectivity index (χ3v) is 6.47. The van der Waals surface area contributed by atoms with Crippen molar-refractivity contribution in [2.45, 2.75) is 25.5 Å².